The van der Waals surface area contributed by atoms with Gasteiger partial charge in [0.1, 0.15) is 12.1 Å². The van der Waals surface area contributed by atoms with Crippen LogP contribution in [-0.2, 0) is 16.1 Å². The van der Waals surface area contributed by atoms with Crippen molar-refractivity contribution in [1.29, 1.82) is 5.26 Å². The highest BCUT2D eigenvalue weighted by atomic mass is 16.2. The van der Waals surface area contributed by atoms with Crippen LogP contribution in [0.15, 0.2) is 18.2 Å². The van der Waals surface area contributed by atoms with Crippen LogP contribution in [0.25, 0.3) is 0 Å². The number of hydrogen-bond acceptors (Lipinski definition) is 7. The van der Waals surface area contributed by atoms with Gasteiger partial charge in [-0.2, -0.15) is 5.26 Å². The molecule has 1 aromatic rings. The number of piperidine rings is 1. The third kappa shape index (κ3) is 3.06. The maximum Gasteiger partial charge on any atom is 0.262 e. The topological polar surface area (TPSA) is 123 Å². The molecule has 0 spiro atoms. The van der Waals surface area contributed by atoms with E-state index in [4.69, 9.17) is 0 Å². The van der Waals surface area contributed by atoms with Crippen molar-refractivity contribution in [3.05, 3.63) is 34.9 Å². The van der Waals surface area contributed by atoms with Crippen molar-refractivity contribution in [2.24, 2.45) is 0 Å². The van der Waals surface area contributed by atoms with Crippen LogP contribution < -0.4 is 10.6 Å². The molecule has 0 aliphatic carbocycles. The molecule has 4 rings (SSSR count). The van der Waals surface area contributed by atoms with Gasteiger partial charge in [0.25, 0.3) is 11.8 Å². The minimum Gasteiger partial charge on any atom is -0.313 e. The molecule has 0 saturated carbocycles. The van der Waals surface area contributed by atoms with Gasteiger partial charge in [-0.15, -0.1) is 0 Å². The van der Waals surface area contributed by atoms with Crippen molar-refractivity contribution >= 4 is 23.6 Å². The van der Waals surface area contributed by atoms with E-state index in [1.54, 1.807) is 18.2 Å². The SMILES string of the molecule is N#CC1CNCCN1Cc1ccc2c(c1)C(=O)N(C1CCC(=O)NC1=O)C2=O. The summed E-state index contributed by atoms with van der Waals surface area (Å²) in [4.78, 5) is 52.0. The third-order valence-electron chi connectivity index (χ3n) is 5.39. The normalized spacial score (nSPS) is 25.5. The van der Waals surface area contributed by atoms with E-state index in [1.807, 2.05) is 4.90 Å². The first kappa shape index (κ1) is 18.3. The second kappa shape index (κ2) is 7.14. The van der Waals surface area contributed by atoms with Gasteiger partial charge in [0.2, 0.25) is 11.8 Å². The highest BCUT2D eigenvalue weighted by molar-refractivity contribution is 6.23. The molecule has 2 fully saturated rings. The van der Waals surface area contributed by atoms with E-state index >= 15 is 0 Å². The minimum absolute atomic E-state index is 0.0909. The first-order valence-electron chi connectivity index (χ1n) is 9.18. The molecule has 3 aliphatic rings. The Labute approximate surface area is 161 Å². The van der Waals surface area contributed by atoms with E-state index in [0.717, 1.165) is 17.0 Å². The number of nitrogens with zero attached hydrogens (tertiary/aromatic N) is 3. The minimum atomic E-state index is -0.968. The van der Waals surface area contributed by atoms with Crippen molar-refractivity contribution in [2.75, 3.05) is 19.6 Å². The lowest BCUT2D eigenvalue weighted by Gasteiger charge is -2.31. The summed E-state index contributed by atoms with van der Waals surface area (Å²) in [5, 5.41) is 14.7. The largest absolute Gasteiger partial charge is 0.313 e. The second-order valence-corrected chi connectivity index (χ2v) is 7.15. The van der Waals surface area contributed by atoms with E-state index in [1.165, 1.54) is 0 Å². The van der Waals surface area contributed by atoms with Gasteiger partial charge >= 0.3 is 0 Å². The Balaban J connectivity index is 1.56. The summed E-state index contributed by atoms with van der Waals surface area (Å²) in [6.45, 7) is 2.57. The van der Waals surface area contributed by atoms with Crippen molar-refractivity contribution in [2.45, 2.75) is 31.5 Å². The number of nitrogens with one attached hydrogen (secondary N) is 2. The lowest BCUT2D eigenvalue weighted by atomic mass is 10.0. The number of carbonyl (C=O) groups excluding carboxylic acids is 4. The number of piperazine rings is 1. The summed E-state index contributed by atoms with van der Waals surface area (Å²) >= 11 is 0. The molecular weight excluding hydrogens is 362 g/mol. The molecule has 1 aromatic carbocycles. The van der Waals surface area contributed by atoms with Crippen molar-refractivity contribution in [3.8, 4) is 6.07 Å². The van der Waals surface area contributed by atoms with E-state index in [-0.39, 0.29) is 30.0 Å². The fourth-order valence-electron chi connectivity index (χ4n) is 3.91. The maximum absolute atomic E-state index is 12.9. The smallest absolute Gasteiger partial charge is 0.262 e. The van der Waals surface area contributed by atoms with Gasteiger partial charge in [-0.1, -0.05) is 6.07 Å². The lowest BCUT2D eigenvalue weighted by Crippen LogP contribution is -2.54. The zero-order valence-corrected chi connectivity index (χ0v) is 15.1. The molecule has 4 amide bonds. The predicted octanol–water partition coefficient (Wildman–Crippen LogP) is -0.615. The fraction of sp³-hybridized carbons (Fsp3) is 0.421. The first-order valence-corrected chi connectivity index (χ1v) is 9.18. The second-order valence-electron chi connectivity index (χ2n) is 7.15. The summed E-state index contributed by atoms with van der Waals surface area (Å²) in [6, 6.07) is 6.08. The highest BCUT2D eigenvalue weighted by Gasteiger charge is 2.44. The van der Waals surface area contributed by atoms with Crippen LogP contribution in [-0.4, -0.2) is 65.1 Å². The molecule has 3 heterocycles. The maximum atomic E-state index is 12.9. The van der Waals surface area contributed by atoms with E-state index in [9.17, 15) is 24.4 Å². The van der Waals surface area contributed by atoms with Crippen LogP contribution in [0.5, 0.6) is 0 Å². The Morgan fingerprint density at radius 3 is 2.68 bits per heavy atom. The van der Waals surface area contributed by atoms with Crippen LogP contribution in [0, 0.1) is 11.3 Å². The molecule has 0 aromatic heterocycles. The summed E-state index contributed by atoms with van der Waals surface area (Å²) in [6.07, 6.45) is 0.223. The highest BCUT2D eigenvalue weighted by Crippen LogP contribution is 2.28. The zero-order chi connectivity index (χ0) is 19.8. The average Bonchev–Trinajstić information content (AvgIpc) is 2.93. The van der Waals surface area contributed by atoms with Crippen LogP contribution in [0.1, 0.15) is 39.1 Å². The molecule has 2 atom stereocenters. The molecule has 0 radical (unpaired) electrons. The number of rotatable bonds is 3. The van der Waals surface area contributed by atoms with Gasteiger partial charge in [0.15, 0.2) is 0 Å². The molecule has 9 heteroatoms. The van der Waals surface area contributed by atoms with Crippen LogP contribution in [0.3, 0.4) is 0 Å². The van der Waals surface area contributed by atoms with Crippen molar-refractivity contribution in [1.82, 2.24) is 20.4 Å². The zero-order valence-electron chi connectivity index (χ0n) is 15.1. The van der Waals surface area contributed by atoms with E-state index in [2.05, 4.69) is 16.7 Å². The molecular formula is C19H19N5O4. The number of carbonyl (C=O) groups is 4. The molecule has 0 bridgehead atoms. The molecule has 3 aliphatic heterocycles. The Morgan fingerprint density at radius 2 is 1.93 bits per heavy atom. The molecule has 144 valence electrons. The van der Waals surface area contributed by atoms with Gasteiger partial charge in [0, 0.05) is 32.6 Å². The van der Waals surface area contributed by atoms with E-state index in [0.29, 0.717) is 19.6 Å². The molecule has 2 N–H and O–H groups in total. The van der Waals surface area contributed by atoms with Crippen LogP contribution in [0.2, 0.25) is 0 Å². The summed E-state index contributed by atoms with van der Waals surface area (Å²) in [5.74, 6) is -2.06. The summed E-state index contributed by atoms with van der Waals surface area (Å²) in [7, 11) is 0. The predicted molar refractivity (Wildman–Crippen MR) is 95.8 cm³/mol. The Bertz CT molecular complexity index is 921. The van der Waals surface area contributed by atoms with Crippen LogP contribution in [0.4, 0.5) is 0 Å². The quantitative estimate of drug-likeness (QED) is 0.669. The van der Waals surface area contributed by atoms with E-state index < -0.39 is 29.7 Å². The number of hydrogen-bond donors (Lipinski definition) is 2. The first-order chi connectivity index (χ1) is 13.5. The Hall–Kier alpha value is -3.09. The number of nitriles is 1. The Morgan fingerprint density at radius 1 is 1.14 bits per heavy atom. The third-order valence-corrected chi connectivity index (χ3v) is 5.39. The van der Waals surface area contributed by atoms with Crippen molar-refractivity contribution in [3.63, 3.8) is 0 Å². The number of benzene rings is 1. The Kier molecular flexibility index (Phi) is 4.66. The molecule has 28 heavy (non-hydrogen) atoms. The molecule has 9 nitrogen and oxygen atoms in total. The van der Waals surface area contributed by atoms with Gasteiger partial charge in [-0.25, -0.2) is 0 Å². The summed E-state index contributed by atoms with van der Waals surface area (Å²) in [5.41, 5.74) is 1.35. The van der Waals surface area contributed by atoms with Crippen LogP contribution >= 0.6 is 0 Å². The fourth-order valence-corrected chi connectivity index (χ4v) is 3.91. The number of imide groups is 2. The van der Waals surface area contributed by atoms with Crippen molar-refractivity contribution < 1.29 is 19.2 Å². The van der Waals surface area contributed by atoms with Gasteiger partial charge in [-0.05, 0) is 24.1 Å². The van der Waals surface area contributed by atoms with Gasteiger partial charge in [0.05, 0.1) is 17.2 Å². The van der Waals surface area contributed by atoms with Gasteiger partial charge < -0.3 is 5.32 Å². The number of fused-ring (bicyclic) bond motifs is 1. The standard InChI is InChI=1S/C19H19N5O4/c20-8-12-9-21-5-6-23(12)10-11-1-2-13-14(7-11)19(28)24(18(13)27)15-3-4-16(25)22-17(15)26/h1-2,7,12,15,21H,3-6,9-10H2,(H,22,25,26). The lowest BCUT2D eigenvalue weighted by molar-refractivity contribution is -0.136. The molecule has 2 unspecified atom stereocenters. The number of amides is 4. The van der Waals surface area contributed by atoms with Gasteiger partial charge in [-0.3, -0.25) is 34.3 Å². The summed E-state index contributed by atoms with van der Waals surface area (Å²) < 4.78 is 0. The average molecular weight is 381 g/mol. The molecule has 2 saturated heterocycles. The monoisotopic (exact) mass is 381 g/mol.